The third-order valence-corrected chi connectivity index (χ3v) is 10.3. The van der Waals surface area contributed by atoms with Gasteiger partial charge in [-0.1, -0.05) is 130 Å². The molecule has 0 rings (SSSR count). The first kappa shape index (κ1) is 55.6. The number of nitrogens with zero attached hydrogens (tertiary/aromatic N) is 1. The molecule has 0 bridgehead atoms. The van der Waals surface area contributed by atoms with Gasteiger partial charge in [0.2, 0.25) is 0 Å². The first-order chi connectivity index (χ1) is 28.2. The zero-order chi connectivity index (χ0) is 42.7. The molecular weight excluding hydrogens is 743 g/mol. The van der Waals surface area contributed by atoms with Crippen LogP contribution in [0.4, 0.5) is 4.79 Å². The Bertz CT molecular complexity index is 962. The number of esters is 3. The van der Waals surface area contributed by atoms with Crippen LogP contribution in [0.1, 0.15) is 201 Å². The fourth-order valence-electron chi connectivity index (χ4n) is 6.43. The molecule has 2 atom stereocenters. The first-order valence-corrected chi connectivity index (χ1v) is 23.5. The maximum absolute atomic E-state index is 12.5. The van der Waals surface area contributed by atoms with Crippen molar-refractivity contribution in [2.75, 3.05) is 59.3 Å². The Balaban J connectivity index is 4.40. The van der Waals surface area contributed by atoms with E-state index in [1.165, 1.54) is 77.0 Å². The zero-order valence-electron chi connectivity index (χ0n) is 37.6. The molecule has 12 heteroatoms. The van der Waals surface area contributed by atoms with Gasteiger partial charge >= 0.3 is 24.1 Å². The average molecular weight is 830 g/mol. The highest BCUT2D eigenvalue weighted by atomic mass is 16.7. The van der Waals surface area contributed by atoms with E-state index in [2.05, 4.69) is 32.6 Å². The molecule has 0 aromatic heterocycles. The number of aliphatic hydroxyl groups is 1. The number of aliphatic hydroxyl groups excluding tert-OH is 1. The largest absolute Gasteiger partial charge is 0.508 e. The summed E-state index contributed by atoms with van der Waals surface area (Å²) in [5.74, 6) is -1.55. The second kappa shape index (κ2) is 42.7. The topological polar surface area (TPSA) is 147 Å². The molecule has 2 unspecified atom stereocenters. The van der Waals surface area contributed by atoms with E-state index in [-0.39, 0.29) is 45.2 Å². The number of hydrogen-bond donors (Lipinski definition) is 1. The van der Waals surface area contributed by atoms with Crippen LogP contribution in [0.5, 0.6) is 0 Å². The maximum Gasteiger partial charge on any atom is 0.508 e. The minimum absolute atomic E-state index is 0.0757. The second-order valence-corrected chi connectivity index (χ2v) is 15.7. The number of carbonyl (C=O) groups is 4. The van der Waals surface area contributed by atoms with Crippen LogP contribution in [0.25, 0.3) is 0 Å². The monoisotopic (exact) mass is 830 g/mol. The van der Waals surface area contributed by atoms with Crippen molar-refractivity contribution in [2.24, 2.45) is 5.92 Å². The molecule has 58 heavy (non-hydrogen) atoms. The third-order valence-electron chi connectivity index (χ3n) is 10.3. The molecule has 0 aromatic carbocycles. The van der Waals surface area contributed by atoms with E-state index in [0.29, 0.717) is 58.2 Å². The summed E-state index contributed by atoms with van der Waals surface area (Å²) in [5, 5.41) is 10.1. The predicted octanol–water partition coefficient (Wildman–Crippen LogP) is 10.6. The van der Waals surface area contributed by atoms with Crippen LogP contribution in [0, 0.1) is 5.92 Å². The van der Waals surface area contributed by atoms with E-state index in [4.69, 9.17) is 28.4 Å². The summed E-state index contributed by atoms with van der Waals surface area (Å²) in [6.45, 7) is 12.2. The normalized spacial score (nSPS) is 12.3. The van der Waals surface area contributed by atoms with Crippen LogP contribution in [0.3, 0.4) is 0 Å². The van der Waals surface area contributed by atoms with Gasteiger partial charge in [0.05, 0.1) is 19.1 Å². The third kappa shape index (κ3) is 39.0. The van der Waals surface area contributed by atoms with Crippen molar-refractivity contribution >= 4 is 24.1 Å². The minimum atomic E-state index is -0.817. The van der Waals surface area contributed by atoms with Gasteiger partial charge in [-0.25, -0.2) is 4.79 Å². The molecule has 0 saturated carbocycles. The van der Waals surface area contributed by atoms with E-state index in [1.54, 1.807) is 0 Å². The maximum atomic E-state index is 12.5. The standard InChI is InChI=1S/C46H87NO11/c1-5-9-11-13-15-17-19-27-35-53-42(48)30-23-21-25-32-44(50)56-38-41(40-58-46(52)55-37-29-34-47(7-3)8-4)39-57-45(51)33-26-22-24-31-43(49)54-36-28-20-18-16-14-12-10-6-2/h41-42,48H,5-40H2,1-4H3. The van der Waals surface area contributed by atoms with Crippen LogP contribution in [-0.2, 0) is 42.8 Å². The molecule has 0 aliphatic heterocycles. The van der Waals surface area contributed by atoms with Crippen molar-refractivity contribution in [3.05, 3.63) is 0 Å². The molecule has 0 aliphatic carbocycles. The van der Waals surface area contributed by atoms with Gasteiger partial charge in [0.1, 0.15) is 19.8 Å². The Morgan fingerprint density at radius 1 is 0.448 bits per heavy atom. The molecule has 1 N–H and O–H groups in total. The molecule has 0 aromatic rings. The lowest BCUT2D eigenvalue weighted by Crippen LogP contribution is -2.27. The summed E-state index contributed by atoms with van der Waals surface area (Å²) in [6.07, 6.45) is 23.6. The van der Waals surface area contributed by atoms with E-state index < -0.39 is 30.3 Å². The number of unbranched alkanes of at least 4 members (excludes halogenated alkanes) is 18. The highest BCUT2D eigenvalue weighted by Gasteiger charge is 2.19. The fraction of sp³-hybridized carbons (Fsp3) is 0.913. The van der Waals surface area contributed by atoms with Crippen LogP contribution in [0.15, 0.2) is 0 Å². The first-order valence-electron chi connectivity index (χ1n) is 23.5. The smallest absolute Gasteiger partial charge is 0.466 e. The van der Waals surface area contributed by atoms with Crippen molar-refractivity contribution in [1.82, 2.24) is 4.90 Å². The van der Waals surface area contributed by atoms with Gasteiger partial charge in [-0.15, -0.1) is 0 Å². The minimum Gasteiger partial charge on any atom is -0.466 e. The quantitative estimate of drug-likeness (QED) is 0.0270. The number of hydrogen-bond acceptors (Lipinski definition) is 12. The summed E-state index contributed by atoms with van der Waals surface area (Å²) in [4.78, 5) is 51.6. The number of rotatable bonds is 43. The van der Waals surface area contributed by atoms with Gasteiger partial charge in [-0.3, -0.25) is 14.4 Å². The van der Waals surface area contributed by atoms with E-state index in [0.717, 1.165) is 58.2 Å². The average Bonchev–Trinajstić information content (AvgIpc) is 3.21. The Labute approximate surface area is 353 Å². The van der Waals surface area contributed by atoms with Gasteiger partial charge in [-0.05, 0) is 64.5 Å². The van der Waals surface area contributed by atoms with Crippen molar-refractivity contribution in [1.29, 1.82) is 0 Å². The highest BCUT2D eigenvalue weighted by Crippen LogP contribution is 2.13. The lowest BCUT2D eigenvalue weighted by atomic mass is 10.1. The van der Waals surface area contributed by atoms with Gasteiger partial charge in [-0.2, -0.15) is 0 Å². The summed E-state index contributed by atoms with van der Waals surface area (Å²) >= 11 is 0. The van der Waals surface area contributed by atoms with Crippen molar-refractivity contribution in [3.63, 3.8) is 0 Å². The molecule has 12 nitrogen and oxygen atoms in total. The fourth-order valence-corrected chi connectivity index (χ4v) is 6.43. The van der Waals surface area contributed by atoms with Crippen molar-refractivity contribution < 1.29 is 52.7 Å². The Kier molecular flexibility index (Phi) is 40.9. The predicted molar refractivity (Wildman–Crippen MR) is 229 cm³/mol. The van der Waals surface area contributed by atoms with Gasteiger partial charge < -0.3 is 38.4 Å². The van der Waals surface area contributed by atoms with Crippen molar-refractivity contribution in [2.45, 2.75) is 207 Å². The van der Waals surface area contributed by atoms with Gasteiger partial charge in [0.25, 0.3) is 0 Å². The van der Waals surface area contributed by atoms with Crippen molar-refractivity contribution in [3.8, 4) is 0 Å². The molecule has 0 saturated heterocycles. The van der Waals surface area contributed by atoms with Crippen LogP contribution in [0.2, 0.25) is 0 Å². The Morgan fingerprint density at radius 2 is 0.862 bits per heavy atom. The SMILES string of the molecule is CCCCCCCCCCOC(=O)CCCCCC(=O)OCC(COC(=O)CCCCCC(O)OCCCCCCCCCC)COC(=O)OCCCN(CC)CC. The van der Waals surface area contributed by atoms with Crippen LogP contribution < -0.4 is 0 Å². The van der Waals surface area contributed by atoms with E-state index in [1.807, 2.05) is 0 Å². The number of carbonyl (C=O) groups excluding carboxylic acids is 4. The molecule has 0 aliphatic rings. The molecular formula is C46H87NO11. The molecule has 0 fully saturated rings. The van der Waals surface area contributed by atoms with E-state index >= 15 is 0 Å². The lowest BCUT2D eigenvalue weighted by molar-refractivity contribution is -0.150. The number of ether oxygens (including phenoxy) is 6. The van der Waals surface area contributed by atoms with Gasteiger partial charge in [0, 0.05) is 32.4 Å². The van der Waals surface area contributed by atoms with Crippen LogP contribution in [-0.4, -0.2) is 99.6 Å². The molecule has 0 amide bonds. The summed E-state index contributed by atoms with van der Waals surface area (Å²) in [6, 6.07) is 0. The van der Waals surface area contributed by atoms with Crippen LogP contribution >= 0.6 is 0 Å². The molecule has 0 heterocycles. The molecule has 0 radical (unpaired) electrons. The second-order valence-electron chi connectivity index (χ2n) is 15.7. The molecule has 0 spiro atoms. The lowest BCUT2D eigenvalue weighted by Gasteiger charge is -2.18. The zero-order valence-corrected chi connectivity index (χ0v) is 37.6. The Morgan fingerprint density at radius 3 is 1.38 bits per heavy atom. The Hall–Kier alpha value is -2.44. The highest BCUT2D eigenvalue weighted by molar-refractivity contribution is 5.70. The molecule has 342 valence electrons. The van der Waals surface area contributed by atoms with Gasteiger partial charge in [0.15, 0.2) is 6.29 Å². The summed E-state index contributed by atoms with van der Waals surface area (Å²) in [7, 11) is 0. The van der Waals surface area contributed by atoms with E-state index in [9.17, 15) is 24.3 Å². The summed E-state index contributed by atoms with van der Waals surface area (Å²) < 4.78 is 32.3. The summed E-state index contributed by atoms with van der Waals surface area (Å²) in [5.41, 5.74) is 0.